The number of benzene rings is 1. The molecular weight excluding hydrogens is 253 g/mol. The number of halogens is 1. The molecule has 0 aliphatic heterocycles. The summed E-state index contributed by atoms with van der Waals surface area (Å²) in [7, 11) is 0. The third kappa shape index (κ3) is 1.81. The molecule has 1 saturated carbocycles. The number of nitrogens with two attached hydrogens (primary N) is 1. The van der Waals surface area contributed by atoms with Gasteiger partial charge in [-0.1, -0.05) is 11.3 Å². The lowest BCUT2D eigenvalue weighted by molar-refractivity contribution is -0.384. The number of para-hydroxylation sites is 1. The topological polar surface area (TPSA) is 99.9 Å². The first-order chi connectivity index (χ1) is 9.09. The maximum Gasteiger partial charge on any atom is 0.297 e. The molecule has 0 bridgehead atoms. The molecule has 0 amide bonds. The van der Waals surface area contributed by atoms with Crippen molar-refractivity contribution >= 4 is 11.5 Å². The molecule has 0 saturated heterocycles. The summed E-state index contributed by atoms with van der Waals surface area (Å²) in [6, 6.07) is 3.66. The number of hydrogen-bond acceptors (Lipinski definition) is 5. The van der Waals surface area contributed by atoms with Gasteiger partial charge in [-0.2, -0.15) is 0 Å². The van der Waals surface area contributed by atoms with E-state index in [-0.39, 0.29) is 23.1 Å². The third-order valence-corrected chi connectivity index (χ3v) is 3.07. The molecular formula is C11H10FN5O2. The fraction of sp³-hybridized carbons (Fsp3) is 0.273. The van der Waals surface area contributed by atoms with E-state index in [2.05, 4.69) is 10.3 Å². The number of nitro groups is 1. The molecule has 1 aliphatic rings. The van der Waals surface area contributed by atoms with Gasteiger partial charge in [0.05, 0.1) is 10.6 Å². The van der Waals surface area contributed by atoms with E-state index in [1.54, 1.807) is 0 Å². The predicted octanol–water partition coefficient (Wildman–Crippen LogP) is 1.77. The highest BCUT2D eigenvalue weighted by atomic mass is 19.1. The second kappa shape index (κ2) is 4.01. The molecule has 0 unspecified atom stereocenters. The molecule has 0 atom stereocenters. The second-order valence-electron chi connectivity index (χ2n) is 4.41. The molecule has 1 aliphatic carbocycles. The van der Waals surface area contributed by atoms with Crippen LogP contribution in [0.4, 0.5) is 15.9 Å². The normalized spacial score (nSPS) is 14.6. The summed E-state index contributed by atoms with van der Waals surface area (Å²) in [5, 5.41) is 18.4. The van der Waals surface area contributed by atoms with Crippen LogP contribution >= 0.6 is 0 Å². The molecule has 1 heterocycles. The summed E-state index contributed by atoms with van der Waals surface area (Å²) < 4.78 is 15.1. The van der Waals surface area contributed by atoms with Crippen molar-refractivity contribution in [3.05, 3.63) is 39.8 Å². The number of anilines is 1. The standard InChI is InChI=1S/C11H10FN5O2/c12-7-2-1-3-8(17(18)19)10(7)16-9(6-4-5-6)11(13)14-15-16/h1-3,6H,4-5,13H2. The molecule has 3 rings (SSSR count). The van der Waals surface area contributed by atoms with Gasteiger partial charge >= 0.3 is 0 Å². The van der Waals surface area contributed by atoms with E-state index in [4.69, 9.17) is 5.73 Å². The molecule has 1 fully saturated rings. The second-order valence-corrected chi connectivity index (χ2v) is 4.41. The van der Waals surface area contributed by atoms with E-state index < -0.39 is 10.7 Å². The lowest BCUT2D eigenvalue weighted by Gasteiger charge is -2.07. The van der Waals surface area contributed by atoms with Crippen molar-refractivity contribution in [2.75, 3.05) is 5.73 Å². The Hall–Kier alpha value is -2.51. The van der Waals surface area contributed by atoms with Gasteiger partial charge in [0.15, 0.2) is 17.3 Å². The highest BCUT2D eigenvalue weighted by molar-refractivity contribution is 5.55. The van der Waals surface area contributed by atoms with Crippen LogP contribution in [-0.4, -0.2) is 19.9 Å². The fourth-order valence-corrected chi connectivity index (χ4v) is 2.07. The number of hydrogen-bond donors (Lipinski definition) is 1. The van der Waals surface area contributed by atoms with Gasteiger partial charge in [-0.15, -0.1) is 5.10 Å². The molecule has 2 N–H and O–H groups in total. The molecule has 8 heteroatoms. The van der Waals surface area contributed by atoms with Crippen LogP contribution in [-0.2, 0) is 0 Å². The lowest BCUT2D eigenvalue weighted by atomic mass is 10.2. The minimum Gasteiger partial charge on any atom is -0.381 e. The average Bonchev–Trinajstić information content (AvgIpc) is 3.13. The van der Waals surface area contributed by atoms with Crippen LogP contribution in [0.25, 0.3) is 5.69 Å². The zero-order chi connectivity index (χ0) is 13.6. The van der Waals surface area contributed by atoms with Crippen molar-refractivity contribution in [1.29, 1.82) is 0 Å². The Balaban J connectivity index is 2.25. The maximum atomic E-state index is 13.9. The first-order valence-corrected chi connectivity index (χ1v) is 5.74. The smallest absolute Gasteiger partial charge is 0.297 e. The molecule has 0 spiro atoms. The summed E-state index contributed by atoms with van der Waals surface area (Å²) in [5.41, 5.74) is 5.69. The van der Waals surface area contributed by atoms with E-state index in [0.717, 1.165) is 23.6 Å². The molecule has 1 aromatic carbocycles. The summed E-state index contributed by atoms with van der Waals surface area (Å²) >= 11 is 0. The van der Waals surface area contributed by atoms with E-state index >= 15 is 0 Å². The van der Waals surface area contributed by atoms with Gasteiger partial charge in [0.2, 0.25) is 0 Å². The van der Waals surface area contributed by atoms with Gasteiger partial charge in [0.1, 0.15) is 0 Å². The van der Waals surface area contributed by atoms with Gasteiger partial charge in [0, 0.05) is 12.0 Å². The minimum atomic E-state index is -0.721. The van der Waals surface area contributed by atoms with E-state index in [0.29, 0.717) is 5.69 Å². The number of nitro benzene ring substituents is 1. The van der Waals surface area contributed by atoms with Gasteiger partial charge in [-0.25, -0.2) is 9.07 Å². The Labute approximate surface area is 107 Å². The predicted molar refractivity (Wildman–Crippen MR) is 64.4 cm³/mol. The molecule has 7 nitrogen and oxygen atoms in total. The van der Waals surface area contributed by atoms with Crippen molar-refractivity contribution in [3.8, 4) is 5.69 Å². The monoisotopic (exact) mass is 263 g/mol. The van der Waals surface area contributed by atoms with E-state index in [1.165, 1.54) is 12.1 Å². The van der Waals surface area contributed by atoms with Gasteiger partial charge in [-0.05, 0) is 18.9 Å². The first-order valence-electron chi connectivity index (χ1n) is 5.74. The van der Waals surface area contributed by atoms with Gasteiger partial charge in [0.25, 0.3) is 5.69 Å². The van der Waals surface area contributed by atoms with E-state index in [9.17, 15) is 14.5 Å². The van der Waals surface area contributed by atoms with Gasteiger partial charge in [-0.3, -0.25) is 10.1 Å². The number of aromatic nitrogens is 3. The molecule has 0 radical (unpaired) electrons. The van der Waals surface area contributed by atoms with E-state index in [1.807, 2.05) is 0 Å². The SMILES string of the molecule is Nc1nnn(-c2c(F)cccc2[N+](=O)[O-])c1C1CC1. The van der Waals surface area contributed by atoms with Crippen LogP contribution < -0.4 is 5.73 Å². The first kappa shape index (κ1) is 11.6. The summed E-state index contributed by atoms with van der Waals surface area (Å²) in [6.07, 6.45) is 1.81. The van der Waals surface area contributed by atoms with Crippen molar-refractivity contribution < 1.29 is 9.31 Å². The Bertz CT molecular complexity index is 665. The summed E-state index contributed by atoms with van der Waals surface area (Å²) in [5.74, 6) is -0.379. The zero-order valence-corrected chi connectivity index (χ0v) is 9.78. The quantitative estimate of drug-likeness (QED) is 0.672. The Morgan fingerprint density at radius 3 is 2.84 bits per heavy atom. The number of nitrogens with zero attached hydrogens (tertiary/aromatic N) is 4. The minimum absolute atomic E-state index is 0.147. The largest absolute Gasteiger partial charge is 0.381 e. The lowest BCUT2D eigenvalue weighted by Crippen LogP contribution is -2.08. The van der Waals surface area contributed by atoms with Crippen molar-refractivity contribution in [3.63, 3.8) is 0 Å². The molecule has 2 aromatic rings. The van der Waals surface area contributed by atoms with Crippen molar-refractivity contribution in [2.45, 2.75) is 18.8 Å². The fourth-order valence-electron chi connectivity index (χ4n) is 2.07. The molecule has 19 heavy (non-hydrogen) atoms. The summed E-state index contributed by atoms with van der Waals surface area (Å²) in [4.78, 5) is 10.4. The van der Waals surface area contributed by atoms with Crippen LogP contribution in [0.2, 0.25) is 0 Å². The highest BCUT2D eigenvalue weighted by Gasteiger charge is 2.33. The highest BCUT2D eigenvalue weighted by Crippen LogP contribution is 2.43. The van der Waals surface area contributed by atoms with Gasteiger partial charge < -0.3 is 5.73 Å². The Kier molecular flexibility index (Phi) is 2.44. The molecule has 98 valence electrons. The number of nitrogen functional groups attached to an aromatic ring is 1. The van der Waals surface area contributed by atoms with Crippen molar-refractivity contribution in [2.24, 2.45) is 0 Å². The third-order valence-electron chi connectivity index (χ3n) is 3.07. The summed E-state index contributed by atoms with van der Waals surface area (Å²) in [6.45, 7) is 0. The number of rotatable bonds is 3. The Morgan fingerprint density at radius 2 is 2.21 bits per heavy atom. The van der Waals surface area contributed by atoms with Crippen LogP contribution in [0.15, 0.2) is 18.2 Å². The van der Waals surface area contributed by atoms with Crippen LogP contribution in [0.5, 0.6) is 0 Å². The maximum absolute atomic E-state index is 13.9. The van der Waals surface area contributed by atoms with Crippen LogP contribution in [0.3, 0.4) is 0 Å². The van der Waals surface area contributed by atoms with Crippen LogP contribution in [0, 0.1) is 15.9 Å². The zero-order valence-electron chi connectivity index (χ0n) is 9.78. The van der Waals surface area contributed by atoms with Crippen molar-refractivity contribution in [1.82, 2.24) is 15.0 Å². The van der Waals surface area contributed by atoms with Crippen LogP contribution in [0.1, 0.15) is 24.5 Å². The average molecular weight is 263 g/mol. The molecule has 1 aromatic heterocycles. The Morgan fingerprint density at radius 1 is 1.47 bits per heavy atom.